The fourth-order valence-electron chi connectivity index (χ4n) is 4.06. The van der Waals surface area contributed by atoms with Crippen LogP contribution >= 0.6 is 0 Å². The van der Waals surface area contributed by atoms with Gasteiger partial charge < -0.3 is 11.1 Å². The molecule has 3 N–H and O–H groups in total. The largest absolute Gasteiger partial charge is 0.399 e. The fourth-order valence-corrected chi connectivity index (χ4v) is 4.06. The number of allylic oxidation sites excluding steroid dienone is 4. The third-order valence-corrected chi connectivity index (χ3v) is 5.65. The maximum Gasteiger partial charge on any atom is 0.0938 e. The number of nitrogens with one attached hydrogen (secondary N) is 1. The Hall–Kier alpha value is -3.33. The molecule has 0 saturated heterocycles. The third-order valence-electron chi connectivity index (χ3n) is 5.65. The summed E-state index contributed by atoms with van der Waals surface area (Å²) >= 11 is 0. The minimum atomic E-state index is -0.0484. The van der Waals surface area contributed by atoms with E-state index in [0.717, 1.165) is 29.1 Å². The summed E-state index contributed by atoms with van der Waals surface area (Å²) in [4.78, 5) is 5.09. The molecule has 3 nitrogen and oxygen atoms in total. The van der Waals surface area contributed by atoms with Crippen LogP contribution < -0.4 is 11.1 Å². The summed E-state index contributed by atoms with van der Waals surface area (Å²) in [5.74, 6) is 0.963. The lowest BCUT2D eigenvalue weighted by Gasteiger charge is -2.26. The van der Waals surface area contributed by atoms with Gasteiger partial charge in [-0.1, -0.05) is 88.4 Å². The van der Waals surface area contributed by atoms with E-state index in [1.165, 1.54) is 16.8 Å². The molecule has 1 heterocycles. The van der Waals surface area contributed by atoms with Gasteiger partial charge in [-0.25, -0.2) is 0 Å². The van der Waals surface area contributed by atoms with Gasteiger partial charge in [0.2, 0.25) is 0 Å². The standard InChI is InChI=1S/C30H37N3/c1-6-11-26(22(4)5)29(20-21(2)3)33-30(24-12-8-7-9-13-24)28-15-10-14-27(32-28)23-16-18-25(31)19-17-23/h6-19,21-22,30,33H,20,31H2,1-5H3/b11-6-,29-26-. The van der Waals surface area contributed by atoms with Crippen molar-refractivity contribution in [1.82, 2.24) is 10.3 Å². The molecule has 0 fully saturated rings. The van der Waals surface area contributed by atoms with Gasteiger partial charge in [0.05, 0.1) is 17.4 Å². The summed E-state index contributed by atoms with van der Waals surface area (Å²) in [7, 11) is 0. The Bertz CT molecular complexity index is 1080. The number of pyridine rings is 1. The van der Waals surface area contributed by atoms with Crippen LogP contribution in [-0.2, 0) is 0 Å². The van der Waals surface area contributed by atoms with E-state index in [4.69, 9.17) is 10.7 Å². The van der Waals surface area contributed by atoms with Gasteiger partial charge in [0.1, 0.15) is 0 Å². The molecule has 0 bridgehead atoms. The van der Waals surface area contributed by atoms with Gasteiger partial charge in [-0.15, -0.1) is 0 Å². The second kappa shape index (κ2) is 11.5. The first-order valence-corrected chi connectivity index (χ1v) is 11.9. The summed E-state index contributed by atoms with van der Waals surface area (Å²) in [5.41, 5.74) is 13.5. The van der Waals surface area contributed by atoms with E-state index in [2.05, 4.69) is 101 Å². The van der Waals surface area contributed by atoms with Crippen LogP contribution in [0.5, 0.6) is 0 Å². The molecule has 0 saturated carbocycles. The average Bonchev–Trinajstić information content (AvgIpc) is 2.81. The van der Waals surface area contributed by atoms with Crippen molar-refractivity contribution in [2.24, 2.45) is 11.8 Å². The van der Waals surface area contributed by atoms with Gasteiger partial charge >= 0.3 is 0 Å². The summed E-state index contributed by atoms with van der Waals surface area (Å²) in [5, 5.41) is 3.92. The Morgan fingerprint density at radius 1 is 0.909 bits per heavy atom. The van der Waals surface area contributed by atoms with Crippen molar-refractivity contribution < 1.29 is 0 Å². The summed E-state index contributed by atoms with van der Waals surface area (Å²) in [6.07, 6.45) is 5.36. The van der Waals surface area contributed by atoms with Crippen molar-refractivity contribution in [3.05, 3.63) is 107 Å². The zero-order chi connectivity index (χ0) is 23.8. The molecule has 1 aromatic heterocycles. The van der Waals surface area contributed by atoms with Crippen LogP contribution in [0.15, 0.2) is 96.2 Å². The highest BCUT2D eigenvalue weighted by Crippen LogP contribution is 2.29. The first-order valence-electron chi connectivity index (χ1n) is 11.9. The van der Waals surface area contributed by atoms with E-state index in [-0.39, 0.29) is 6.04 Å². The minimum Gasteiger partial charge on any atom is -0.399 e. The number of nitrogens with two attached hydrogens (primary N) is 1. The molecule has 0 spiro atoms. The quantitative estimate of drug-likeness (QED) is 0.267. The number of hydrogen-bond donors (Lipinski definition) is 2. The zero-order valence-electron chi connectivity index (χ0n) is 20.5. The lowest BCUT2D eigenvalue weighted by atomic mass is 9.93. The highest BCUT2D eigenvalue weighted by molar-refractivity contribution is 5.62. The van der Waals surface area contributed by atoms with Gasteiger partial charge in [0, 0.05) is 16.9 Å². The molecule has 3 rings (SSSR count). The summed E-state index contributed by atoms with van der Waals surface area (Å²) < 4.78 is 0. The molecular weight excluding hydrogens is 402 g/mol. The van der Waals surface area contributed by atoms with Crippen molar-refractivity contribution in [1.29, 1.82) is 0 Å². The Morgan fingerprint density at radius 2 is 1.61 bits per heavy atom. The Kier molecular flexibility index (Phi) is 8.48. The normalized spacial score (nSPS) is 13.4. The van der Waals surface area contributed by atoms with E-state index in [0.29, 0.717) is 11.8 Å². The van der Waals surface area contributed by atoms with Crippen LogP contribution in [-0.4, -0.2) is 4.98 Å². The van der Waals surface area contributed by atoms with Gasteiger partial charge in [-0.05, 0) is 60.6 Å². The summed E-state index contributed by atoms with van der Waals surface area (Å²) in [6, 6.07) is 24.7. The van der Waals surface area contributed by atoms with Crippen LogP contribution in [0.2, 0.25) is 0 Å². The maximum atomic E-state index is 5.89. The Morgan fingerprint density at radius 3 is 2.21 bits per heavy atom. The number of anilines is 1. The predicted octanol–water partition coefficient (Wildman–Crippen LogP) is 7.54. The van der Waals surface area contributed by atoms with Crippen LogP contribution in [0.1, 0.15) is 58.3 Å². The van der Waals surface area contributed by atoms with Crippen LogP contribution in [0, 0.1) is 11.8 Å². The van der Waals surface area contributed by atoms with Crippen molar-refractivity contribution in [3.8, 4) is 11.3 Å². The third kappa shape index (κ3) is 6.58. The number of rotatable bonds is 9. The summed E-state index contributed by atoms with van der Waals surface area (Å²) in [6.45, 7) is 11.1. The van der Waals surface area contributed by atoms with E-state index < -0.39 is 0 Å². The molecule has 0 amide bonds. The van der Waals surface area contributed by atoms with Gasteiger partial charge in [0.25, 0.3) is 0 Å². The molecule has 1 unspecified atom stereocenters. The van der Waals surface area contributed by atoms with Crippen LogP contribution in [0.25, 0.3) is 11.3 Å². The molecule has 1 atom stereocenters. The molecular formula is C30H37N3. The van der Waals surface area contributed by atoms with Crippen LogP contribution in [0.4, 0.5) is 5.69 Å². The number of benzene rings is 2. The molecule has 33 heavy (non-hydrogen) atoms. The molecule has 3 aromatic rings. The zero-order valence-corrected chi connectivity index (χ0v) is 20.5. The highest BCUT2D eigenvalue weighted by atomic mass is 15.0. The van der Waals surface area contributed by atoms with Gasteiger partial charge in [-0.3, -0.25) is 4.98 Å². The number of nitrogen functional groups attached to an aromatic ring is 1. The number of hydrogen-bond acceptors (Lipinski definition) is 3. The van der Waals surface area contributed by atoms with E-state index in [1.807, 2.05) is 24.3 Å². The van der Waals surface area contributed by atoms with Gasteiger partial charge in [-0.2, -0.15) is 0 Å². The monoisotopic (exact) mass is 439 g/mol. The molecule has 0 aliphatic rings. The molecule has 0 radical (unpaired) electrons. The Balaban J connectivity index is 2.10. The molecule has 0 aliphatic heterocycles. The van der Waals surface area contributed by atoms with Crippen LogP contribution in [0.3, 0.4) is 0 Å². The second-order valence-corrected chi connectivity index (χ2v) is 9.24. The average molecular weight is 440 g/mol. The topological polar surface area (TPSA) is 50.9 Å². The van der Waals surface area contributed by atoms with Crippen molar-refractivity contribution >= 4 is 5.69 Å². The second-order valence-electron chi connectivity index (χ2n) is 9.24. The van der Waals surface area contributed by atoms with Gasteiger partial charge in [0.15, 0.2) is 0 Å². The first-order chi connectivity index (χ1) is 15.9. The van der Waals surface area contributed by atoms with Crippen molar-refractivity contribution in [2.75, 3.05) is 5.73 Å². The molecule has 3 heteroatoms. The fraction of sp³-hybridized carbons (Fsp3) is 0.300. The van der Waals surface area contributed by atoms with Crippen molar-refractivity contribution in [2.45, 2.75) is 47.1 Å². The van der Waals surface area contributed by atoms with E-state index in [9.17, 15) is 0 Å². The maximum absolute atomic E-state index is 5.89. The van der Waals surface area contributed by atoms with E-state index >= 15 is 0 Å². The lowest BCUT2D eigenvalue weighted by molar-refractivity contribution is 0.555. The first kappa shape index (κ1) is 24.3. The highest BCUT2D eigenvalue weighted by Gasteiger charge is 2.20. The molecule has 0 aliphatic carbocycles. The minimum absolute atomic E-state index is 0.0484. The lowest BCUT2D eigenvalue weighted by Crippen LogP contribution is -2.26. The van der Waals surface area contributed by atoms with Crippen molar-refractivity contribution in [3.63, 3.8) is 0 Å². The number of aromatic nitrogens is 1. The molecule has 2 aromatic carbocycles. The predicted molar refractivity (Wildman–Crippen MR) is 142 cm³/mol. The Labute approximate surface area is 199 Å². The smallest absolute Gasteiger partial charge is 0.0938 e. The molecule has 172 valence electrons. The SMILES string of the molecule is C/C=C\C(=C(/CC(C)C)NC(c1ccccc1)c1cccc(-c2ccc(N)cc2)n1)C(C)C. The number of nitrogens with zero attached hydrogens (tertiary/aromatic N) is 1. The van der Waals surface area contributed by atoms with E-state index in [1.54, 1.807) is 0 Å².